The number of benzene rings is 1. The Balaban J connectivity index is 1.59. The maximum atomic E-state index is 11.6. The Morgan fingerprint density at radius 2 is 2.00 bits per heavy atom. The number of para-hydroxylation sites is 1. The number of aryl methyl sites for hydroxylation is 1. The molecule has 7 heteroatoms. The van der Waals surface area contributed by atoms with E-state index < -0.39 is 0 Å². The molecule has 0 saturated carbocycles. The van der Waals surface area contributed by atoms with E-state index in [9.17, 15) is 4.79 Å². The molecule has 1 saturated heterocycles. The Kier molecular flexibility index (Phi) is 6.68. The maximum Gasteiger partial charge on any atom is 0.220 e. The van der Waals surface area contributed by atoms with Crippen LogP contribution in [0.4, 0.5) is 0 Å². The third-order valence-corrected chi connectivity index (χ3v) is 5.28. The van der Waals surface area contributed by atoms with Crippen LogP contribution in [-0.2, 0) is 11.3 Å². The second kappa shape index (κ2) is 9.39. The number of carbonyl (C=O) groups is 1. The highest BCUT2D eigenvalue weighted by Gasteiger charge is 2.23. The van der Waals surface area contributed by atoms with Crippen molar-refractivity contribution >= 4 is 11.9 Å². The first-order chi connectivity index (χ1) is 13.6. The van der Waals surface area contributed by atoms with Crippen LogP contribution in [-0.4, -0.2) is 53.7 Å². The molecule has 1 aromatic heterocycles. The van der Waals surface area contributed by atoms with Crippen molar-refractivity contribution in [2.24, 2.45) is 10.9 Å². The van der Waals surface area contributed by atoms with Gasteiger partial charge >= 0.3 is 0 Å². The van der Waals surface area contributed by atoms with E-state index in [1.165, 1.54) is 5.56 Å². The van der Waals surface area contributed by atoms with Crippen molar-refractivity contribution in [2.75, 3.05) is 27.2 Å². The number of nitrogens with one attached hydrogen (secondary N) is 2. The van der Waals surface area contributed by atoms with Gasteiger partial charge in [0.1, 0.15) is 0 Å². The van der Waals surface area contributed by atoms with Gasteiger partial charge in [-0.3, -0.25) is 9.79 Å². The van der Waals surface area contributed by atoms with Crippen LogP contribution in [0.1, 0.15) is 30.5 Å². The summed E-state index contributed by atoms with van der Waals surface area (Å²) in [7, 11) is 3.52. The molecule has 2 aromatic rings. The predicted octanol–water partition coefficient (Wildman–Crippen LogP) is 2.10. The molecule has 0 aliphatic carbocycles. The van der Waals surface area contributed by atoms with E-state index in [4.69, 9.17) is 0 Å². The Bertz CT molecular complexity index is 820. The molecule has 1 aliphatic rings. The predicted molar refractivity (Wildman–Crippen MR) is 111 cm³/mol. The molecule has 0 bridgehead atoms. The Labute approximate surface area is 166 Å². The molecule has 150 valence electrons. The van der Waals surface area contributed by atoms with Crippen molar-refractivity contribution in [3.8, 4) is 5.69 Å². The van der Waals surface area contributed by atoms with Crippen LogP contribution in [0.5, 0.6) is 0 Å². The Morgan fingerprint density at radius 1 is 1.25 bits per heavy atom. The van der Waals surface area contributed by atoms with Gasteiger partial charge in [-0.2, -0.15) is 5.10 Å². The lowest BCUT2D eigenvalue weighted by molar-refractivity contribution is -0.121. The second-order valence-corrected chi connectivity index (χ2v) is 7.24. The summed E-state index contributed by atoms with van der Waals surface area (Å²) in [5.74, 6) is 1.49. The van der Waals surface area contributed by atoms with E-state index in [2.05, 4.69) is 37.8 Å². The first kappa shape index (κ1) is 19.9. The normalized spacial score (nSPS) is 15.5. The van der Waals surface area contributed by atoms with E-state index in [0.29, 0.717) is 18.9 Å². The van der Waals surface area contributed by atoms with Crippen LogP contribution < -0.4 is 10.6 Å². The quantitative estimate of drug-likeness (QED) is 0.614. The van der Waals surface area contributed by atoms with Crippen molar-refractivity contribution in [3.63, 3.8) is 0 Å². The number of guanidine groups is 1. The summed E-state index contributed by atoms with van der Waals surface area (Å²) in [6.07, 6.45) is 4.63. The number of piperidine rings is 1. The number of amides is 1. The molecule has 1 aromatic carbocycles. The molecule has 1 aliphatic heterocycles. The number of aromatic nitrogens is 2. The van der Waals surface area contributed by atoms with Crippen LogP contribution >= 0.6 is 0 Å². The summed E-state index contributed by atoms with van der Waals surface area (Å²) in [6, 6.07) is 10.3. The first-order valence-electron chi connectivity index (χ1n) is 9.87. The van der Waals surface area contributed by atoms with Crippen LogP contribution in [0.3, 0.4) is 0 Å². The van der Waals surface area contributed by atoms with Crippen LogP contribution in [0.2, 0.25) is 0 Å². The number of hydrogen-bond acceptors (Lipinski definition) is 3. The first-order valence-corrected chi connectivity index (χ1v) is 9.87. The summed E-state index contributed by atoms with van der Waals surface area (Å²) < 4.78 is 1.92. The molecule has 0 atom stereocenters. The number of nitrogens with zero attached hydrogens (tertiary/aromatic N) is 4. The molecule has 0 spiro atoms. The fourth-order valence-electron chi connectivity index (χ4n) is 3.65. The summed E-state index contributed by atoms with van der Waals surface area (Å²) in [5, 5.41) is 10.7. The van der Waals surface area contributed by atoms with Crippen molar-refractivity contribution in [3.05, 3.63) is 47.8 Å². The van der Waals surface area contributed by atoms with Gasteiger partial charge in [-0.1, -0.05) is 18.2 Å². The molecule has 28 heavy (non-hydrogen) atoms. The zero-order valence-corrected chi connectivity index (χ0v) is 17.0. The van der Waals surface area contributed by atoms with E-state index in [0.717, 1.165) is 43.3 Å². The number of rotatable bonds is 5. The average Bonchev–Trinajstić information content (AvgIpc) is 3.16. The summed E-state index contributed by atoms with van der Waals surface area (Å²) in [6.45, 7) is 4.51. The highest BCUT2D eigenvalue weighted by Crippen LogP contribution is 2.21. The van der Waals surface area contributed by atoms with Gasteiger partial charge in [-0.15, -0.1) is 0 Å². The summed E-state index contributed by atoms with van der Waals surface area (Å²) >= 11 is 0. The zero-order valence-electron chi connectivity index (χ0n) is 17.0. The fraction of sp³-hybridized carbons (Fsp3) is 0.476. The third-order valence-electron chi connectivity index (χ3n) is 5.28. The molecule has 1 amide bonds. The number of likely N-dealkylation sites (tertiary alicyclic amines) is 1. The summed E-state index contributed by atoms with van der Waals surface area (Å²) in [5.41, 5.74) is 3.24. The molecular formula is C21H30N6O. The van der Waals surface area contributed by atoms with Gasteiger partial charge in [-0.05, 0) is 43.4 Å². The molecule has 2 N–H and O–H groups in total. The molecule has 3 rings (SSSR count). The van der Waals surface area contributed by atoms with E-state index in [-0.39, 0.29) is 5.91 Å². The lowest BCUT2D eigenvalue weighted by atomic mass is 9.93. The minimum atomic E-state index is 0.131. The fourth-order valence-corrected chi connectivity index (χ4v) is 3.65. The van der Waals surface area contributed by atoms with E-state index >= 15 is 0 Å². The average molecular weight is 383 g/mol. The van der Waals surface area contributed by atoms with Gasteiger partial charge in [-0.25, -0.2) is 4.68 Å². The largest absolute Gasteiger partial charge is 0.359 e. The molecule has 1 fully saturated rings. The lowest BCUT2D eigenvalue weighted by Gasteiger charge is -2.34. The van der Waals surface area contributed by atoms with Gasteiger partial charge in [0.25, 0.3) is 0 Å². The Morgan fingerprint density at radius 3 is 2.64 bits per heavy atom. The minimum absolute atomic E-state index is 0.131. The van der Waals surface area contributed by atoms with Crippen LogP contribution in [0, 0.1) is 12.8 Å². The second-order valence-electron chi connectivity index (χ2n) is 7.24. The van der Waals surface area contributed by atoms with Crippen molar-refractivity contribution in [1.29, 1.82) is 0 Å². The van der Waals surface area contributed by atoms with Gasteiger partial charge < -0.3 is 15.5 Å². The van der Waals surface area contributed by atoms with Gasteiger partial charge in [0.2, 0.25) is 5.91 Å². The van der Waals surface area contributed by atoms with E-state index in [1.807, 2.05) is 43.0 Å². The Hall–Kier alpha value is -2.83. The van der Waals surface area contributed by atoms with Crippen LogP contribution in [0.15, 0.2) is 41.5 Å². The SMILES string of the molecule is CN=C(NCc1ccccc1-n1ccc(C)n1)N1CCC(CC(=O)NC)CC1. The van der Waals surface area contributed by atoms with E-state index in [1.54, 1.807) is 7.05 Å². The van der Waals surface area contributed by atoms with Crippen LogP contribution in [0.25, 0.3) is 5.69 Å². The third kappa shape index (κ3) is 4.91. The standard InChI is InChI=1S/C21H30N6O/c1-16-8-13-27(25-16)19-7-5-4-6-18(19)15-24-21(23-3)26-11-9-17(10-12-26)14-20(28)22-2/h4-8,13,17H,9-12,14-15H2,1-3H3,(H,22,28)(H,23,24). The topological polar surface area (TPSA) is 74.5 Å². The molecule has 0 unspecified atom stereocenters. The molecule has 2 heterocycles. The zero-order chi connectivity index (χ0) is 19.9. The van der Waals surface area contributed by atoms with Gasteiger partial charge in [0.05, 0.1) is 11.4 Å². The van der Waals surface area contributed by atoms with Crippen molar-refractivity contribution in [1.82, 2.24) is 25.3 Å². The number of hydrogen-bond donors (Lipinski definition) is 2. The smallest absolute Gasteiger partial charge is 0.220 e. The highest BCUT2D eigenvalue weighted by atomic mass is 16.1. The monoisotopic (exact) mass is 382 g/mol. The van der Waals surface area contributed by atoms with Gasteiger partial charge in [0.15, 0.2) is 5.96 Å². The minimum Gasteiger partial charge on any atom is -0.359 e. The van der Waals surface area contributed by atoms with Crippen molar-refractivity contribution in [2.45, 2.75) is 32.7 Å². The number of carbonyl (C=O) groups excluding carboxylic acids is 1. The molecule has 0 radical (unpaired) electrons. The van der Waals surface area contributed by atoms with Gasteiger partial charge in [0, 0.05) is 46.3 Å². The summed E-state index contributed by atoms with van der Waals surface area (Å²) in [4.78, 5) is 18.3. The lowest BCUT2D eigenvalue weighted by Crippen LogP contribution is -2.45. The maximum absolute atomic E-state index is 11.6. The highest BCUT2D eigenvalue weighted by molar-refractivity contribution is 5.80. The number of aliphatic imine (C=N–C) groups is 1. The molecular weight excluding hydrogens is 352 g/mol. The molecule has 7 nitrogen and oxygen atoms in total. The van der Waals surface area contributed by atoms with Crippen molar-refractivity contribution < 1.29 is 4.79 Å².